The first-order valence-electron chi connectivity index (χ1n) is 6.38. The molecule has 2 rings (SSSR count). The molecule has 0 radical (unpaired) electrons. The smallest absolute Gasteiger partial charge is 0.142 e. The van der Waals surface area contributed by atoms with Gasteiger partial charge in [0.05, 0.1) is 11.6 Å². The standard InChI is InChI=1S/C16H15ClFNO2/c1-20-11-16(13-7-8-14(17)15(18)9-13)19-21-10-12-5-3-2-4-6-12/h2-9H,10-11H2,1H3. The molecule has 0 fully saturated rings. The fourth-order valence-electron chi connectivity index (χ4n) is 1.73. The van der Waals surface area contributed by atoms with Crippen molar-refractivity contribution in [2.45, 2.75) is 6.61 Å². The molecular weight excluding hydrogens is 293 g/mol. The Kier molecular flexibility index (Phi) is 5.72. The third-order valence-electron chi connectivity index (χ3n) is 2.78. The van der Waals surface area contributed by atoms with Gasteiger partial charge in [-0.3, -0.25) is 0 Å². The number of nitrogens with zero attached hydrogens (tertiary/aromatic N) is 1. The van der Waals surface area contributed by atoms with Crippen molar-refractivity contribution in [1.29, 1.82) is 0 Å². The summed E-state index contributed by atoms with van der Waals surface area (Å²) in [4.78, 5) is 5.31. The van der Waals surface area contributed by atoms with E-state index in [2.05, 4.69) is 5.16 Å². The van der Waals surface area contributed by atoms with Crippen LogP contribution in [-0.4, -0.2) is 19.4 Å². The van der Waals surface area contributed by atoms with Crippen molar-refractivity contribution in [1.82, 2.24) is 0 Å². The molecule has 0 N–H and O–H groups in total. The van der Waals surface area contributed by atoms with Gasteiger partial charge in [-0.2, -0.15) is 0 Å². The van der Waals surface area contributed by atoms with Crippen LogP contribution in [0.15, 0.2) is 53.7 Å². The second kappa shape index (κ2) is 7.76. The van der Waals surface area contributed by atoms with Crippen LogP contribution in [0, 0.1) is 5.82 Å². The molecule has 0 bridgehead atoms. The summed E-state index contributed by atoms with van der Waals surface area (Å²) in [5.41, 5.74) is 2.08. The van der Waals surface area contributed by atoms with Crippen molar-refractivity contribution in [3.63, 3.8) is 0 Å². The van der Waals surface area contributed by atoms with Crippen LogP contribution in [0.2, 0.25) is 5.02 Å². The van der Waals surface area contributed by atoms with Gasteiger partial charge < -0.3 is 9.57 Å². The molecule has 0 aliphatic heterocycles. The molecule has 3 nitrogen and oxygen atoms in total. The Morgan fingerprint density at radius 3 is 2.62 bits per heavy atom. The molecule has 2 aromatic rings. The first-order valence-corrected chi connectivity index (χ1v) is 6.75. The van der Waals surface area contributed by atoms with Crippen LogP contribution in [-0.2, 0) is 16.2 Å². The van der Waals surface area contributed by atoms with E-state index in [4.69, 9.17) is 21.2 Å². The van der Waals surface area contributed by atoms with Gasteiger partial charge in [-0.05, 0) is 17.7 Å². The van der Waals surface area contributed by atoms with E-state index in [0.717, 1.165) is 5.56 Å². The zero-order valence-corrected chi connectivity index (χ0v) is 12.3. The Morgan fingerprint density at radius 1 is 1.19 bits per heavy atom. The van der Waals surface area contributed by atoms with E-state index in [1.165, 1.54) is 12.1 Å². The van der Waals surface area contributed by atoms with Gasteiger partial charge in [0.1, 0.15) is 18.1 Å². The van der Waals surface area contributed by atoms with Gasteiger partial charge in [0, 0.05) is 12.7 Å². The lowest BCUT2D eigenvalue weighted by molar-refractivity contribution is 0.127. The molecule has 0 saturated heterocycles. The maximum atomic E-state index is 13.5. The Bertz CT molecular complexity index is 617. The quantitative estimate of drug-likeness (QED) is 0.595. The molecule has 0 saturated carbocycles. The Morgan fingerprint density at radius 2 is 1.95 bits per heavy atom. The molecule has 110 valence electrons. The lowest BCUT2D eigenvalue weighted by Crippen LogP contribution is -2.10. The molecule has 0 spiro atoms. The predicted molar refractivity (Wildman–Crippen MR) is 81.1 cm³/mol. The van der Waals surface area contributed by atoms with E-state index in [9.17, 15) is 4.39 Å². The van der Waals surface area contributed by atoms with Crippen molar-refractivity contribution < 1.29 is 14.0 Å². The van der Waals surface area contributed by atoms with Gasteiger partial charge in [0.15, 0.2) is 0 Å². The monoisotopic (exact) mass is 307 g/mol. The topological polar surface area (TPSA) is 30.8 Å². The van der Waals surface area contributed by atoms with Gasteiger partial charge in [-0.25, -0.2) is 4.39 Å². The van der Waals surface area contributed by atoms with E-state index in [-0.39, 0.29) is 11.6 Å². The molecule has 0 aliphatic carbocycles. The fraction of sp³-hybridized carbons (Fsp3) is 0.188. The summed E-state index contributed by atoms with van der Waals surface area (Å²) in [5, 5.41) is 4.10. The van der Waals surface area contributed by atoms with Crippen molar-refractivity contribution in [2.24, 2.45) is 5.16 Å². The number of halogens is 2. The Labute approximate surface area is 127 Å². The van der Waals surface area contributed by atoms with Gasteiger partial charge in [0.25, 0.3) is 0 Å². The first kappa shape index (κ1) is 15.5. The molecule has 0 aromatic heterocycles. The molecule has 0 atom stereocenters. The van der Waals surface area contributed by atoms with Crippen LogP contribution < -0.4 is 0 Å². The molecular formula is C16H15ClFNO2. The number of oxime groups is 1. The highest BCUT2D eigenvalue weighted by molar-refractivity contribution is 6.30. The average Bonchev–Trinajstić information content (AvgIpc) is 2.50. The van der Waals surface area contributed by atoms with Crippen LogP contribution in [0.5, 0.6) is 0 Å². The predicted octanol–water partition coefficient (Wildman–Crippen LogP) is 4.05. The second-order valence-electron chi connectivity index (χ2n) is 4.36. The van der Waals surface area contributed by atoms with Gasteiger partial charge in [-0.15, -0.1) is 0 Å². The largest absolute Gasteiger partial charge is 0.391 e. The average molecular weight is 308 g/mol. The van der Waals surface area contributed by atoms with E-state index in [1.54, 1.807) is 13.2 Å². The maximum Gasteiger partial charge on any atom is 0.142 e. The number of benzene rings is 2. The van der Waals surface area contributed by atoms with E-state index < -0.39 is 5.82 Å². The zero-order chi connectivity index (χ0) is 15.1. The van der Waals surface area contributed by atoms with Crippen molar-refractivity contribution in [2.75, 3.05) is 13.7 Å². The zero-order valence-electron chi connectivity index (χ0n) is 11.6. The third kappa shape index (κ3) is 4.55. The molecule has 0 heterocycles. The first-order chi connectivity index (χ1) is 10.2. The summed E-state index contributed by atoms with van der Waals surface area (Å²) in [6.07, 6.45) is 0. The number of rotatable bonds is 6. The molecule has 21 heavy (non-hydrogen) atoms. The van der Waals surface area contributed by atoms with Crippen LogP contribution in [0.3, 0.4) is 0 Å². The van der Waals surface area contributed by atoms with Crippen LogP contribution in [0.25, 0.3) is 0 Å². The van der Waals surface area contributed by atoms with Gasteiger partial charge in [0.2, 0.25) is 0 Å². The van der Waals surface area contributed by atoms with Crippen LogP contribution in [0.1, 0.15) is 11.1 Å². The third-order valence-corrected chi connectivity index (χ3v) is 3.09. The number of hydrogen-bond donors (Lipinski definition) is 0. The number of ether oxygens (including phenoxy) is 1. The summed E-state index contributed by atoms with van der Waals surface area (Å²) in [5.74, 6) is -0.499. The summed E-state index contributed by atoms with van der Waals surface area (Å²) in [7, 11) is 1.54. The van der Waals surface area contributed by atoms with Crippen LogP contribution >= 0.6 is 11.6 Å². The van der Waals surface area contributed by atoms with E-state index >= 15 is 0 Å². The van der Waals surface area contributed by atoms with Crippen LogP contribution in [0.4, 0.5) is 4.39 Å². The van der Waals surface area contributed by atoms with Crippen molar-refractivity contribution in [3.8, 4) is 0 Å². The maximum absolute atomic E-state index is 13.5. The van der Waals surface area contributed by atoms with E-state index in [1.807, 2.05) is 30.3 Å². The summed E-state index contributed by atoms with van der Waals surface area (Å²) in [6, 6.07) is 14.1. The Hall–Kier alpha value is -1.91. The van der Waals surface area contributed by atoms with Gasteiger partial charge in [-0.1, -0.05) is 53.2 Å². The lowest BCUT2D eigenvalue weighted by Gasteiger charge is -2.07. The van der Waals surface area contributed by atoms with E-state index in [0.29, 0.717) is 17.9 Å². The molecule has 0 unspecified atom stereocenters. The lowest BCUT2D eigenvalue weighted by atomic mass is 10.1. The highest BCUT2D eigenvalue weighted by Gasteiger charge is 2.08. The molecule has 5 heteroatoms. The highest BCUT2D eigenvalue weighted by Crippen LogP contribution is 2.16. The van der Waals surface area contributed by atoms with Crippen molar-refractivity contribution in [3.05, 3.63) is 70.5 Å². The molecule has 2 aromatic carbocycles. The van der Waals surface area contributed by atoms with Crippen molar-refractivity contribution >= 4 is 17.3 Å². The fourth-order valence-corrected chi connectivity index (χ4v) is 1.85. The number of methoxy groups -OCH3 is 1. The minimum absolute atomic E-state index is 0.0701. The normalized spacial score (nSPS) is 11.5. The SMILES string of the molecule is COCC(=NOCc1ccccc1)c1ccc(Cl)c(F)c1. The minimum Gasteiger partial charge on any atom is -0.391 e. The summed E-state index contributed by atoms with van der Waals surface area (Å²) < 4.78 is 18.6. The molecule has 0 aliphatic rings. The van der Waals surface area contributed by atoms with Gasteiger partial charge >= 0.3 is 0 Å². The highest BCUT2D eigenvalue weighted by atomic mass is 35.5. The Balaban J connectivity index is 2.10. The number of hydrogen-bond acceptors (Lipinski definition) is 3. The second-order valence-corrected chi connectivity index (χ2v) is 4.77. The molecule has 0 amide bonds. The minimum atomic E-state index is -0.499. The summed E-state index contributed by atoms with van der Waals surface area (Å²) >= 11 is 5.67. The summed E-state index contributed by atoms with van der Waals surface area (Å²) in [6.45, 7) is 0.556.